The van der Waals surface area contributed by atoms with E-state index < -0.39 is 0 Å². The normalized spacial score (nSPS) is 11.1. The number of benzene rings is 1. The second-order valence-electron chi connectivity index (χ2n) is 6.16. The molecule has 0 aliphatic carbocycles. The monoisotopic (exact) mass is 364 g/mol. The number of anilines is 3. The van der Waals surface area contributed by atoms with Crippen LogP contribution in [0.2, 0.25) is 0 Å². The van der Waals surface area contributed by atoms with Crippen LogP contribution >= 0.6 is 0 Å². The topological polar surface area (TPSA) is 133 Å². The number of nitrogens with two attached hydrogens (primary N) is 2. The van der Waals surface area contributed by atoms with E-state index in [1.54, 1.807) is 18.4 Å². The number of aryl methyl sites for hydroxylation is 1. The lowest BCUT2D eigenvalue weighted by Gasteiger charge is -2.06. The first kappa shape index (κ1) is 16.8. The highest BCUT2D eigenvalue weighted by Gasteiger charge is 2.13. The predicted octanol–water partition coefficient (Wildman–Crippen LogP) is 2.38. The summed E-state index contributed by atoms with van der Waals surface area (Å²) in [5, 5.41) is 7.46. The van der Waals surface area contributed by atoms with E-state index in [1.165, 1.54) is 10.1 Å². The molecule has 0 radical (unpaired) electrons. The standard InChI is InChI=1S/C18H20N8O/c19-13-8-6-12(7-9-13)4-1-2-10-21-17-23-16(20)26-18(24-17)22-15(25-26)14-5-3-11-27-14/h3,5-9,11H,1-2,4,10,19H2,(H3,20,21,22,23,24,25). The van der Waals surface area contributed by atoms with Gasteiger partial charge in [-0.05, 0) is 49.1 Å². The van der Waals surface area contributed by atoms with Gasteiger partial charge in [0.05, 0.1) is 6.26 Å². The molecule has 0 atom stereocenters. The molecule has 5 N–H and O–H groups in total. The molecule has 9 nitrogen and oxygen atoms in total. The molecular formula is C18H20N8O. The Balaban J connectivity index is 1.35. The second kappa shape index (κ2) is 7.32. The molecule has 1 aromatic carbocycles. The van der Waals surface area contributed by atoms with Gasteiger partial charge < -0.3 is 21.2 Å². The van der Waals surface area contributed by atoms with Crippen molar-refractivity contribution in [1.82, 2.24) is 24.6 Å². The Kier molecular flexibility index (Phi) is 4.56. The van der Waals surface area contributed by atoms with Crippen molar-refractivity contribution in [3.8, 4) is 11.6 Å². The van der Waals surface area contributed by atoms with E-state index in [0.29, 0.717) is 23.3 Å². The summed E-state index contributed by atoms with van der Waals surface area (Å²) < 4.78 is 6.70. The van der Waals surface area contributed by atoms with Crippen molar-refractivity contribution in [1.29, 1.82) is 0 Å². The Hall–Kier alpha value is -3.62. The minimum atomic E-state index is 0.217. The van der Waals surface area contributed by atoms with E-state index in [9.17, 15) is 0 Å². The lowest BCUT2D eigenvalue weighted by Crippen LogP contribution is -2.11. The largest absolute Gasteiger partial charge is 0.461 e. The summed E-state index contributed by atoms with van der Waals surface area (Å²) in [5.74, 6) is 2.00. The molecule has 0 amide bonds. The molecule has 0 spiro atoms. The van der Waals surface area contributed by atoms with Crippen molar-refractivity contribution in [3.63, 3.8) is 0 Å². The number of nitrogens with one attached hydrogen (secondary N) is 1. The number of rotatable bonds is 7. The summed E-state index contributed by atoms with van der Waals surface area (Å²) in [4.78, 5) is 12.9. The molecular weight excluding hydrogens is 344 g/mol. The fourth-order valence-corrected chi connectivity index (χ4v) is 2.73. The molecule has 0 saturated heterocycles. The van der Waals surface area contributed by atoms with Crippen LogP contribution in [0.4, 0.5) is 17.6 Å². The molecule has 0 unspecified atom stereocenters. The number of hydrogen-bond donors (Lipinski definition) is 3. The summed E-state index contributed by atoms with van der Waals surface area (Å²) in [6.07, 6.45) is 4.58. The van der Waals surface area contributed by atoms with E-state index in [1.807, 2.05) is 12.1 Å². The van der Waals surface area contributed by atoms with E-state index in [4.69, 9.17) is 15.9 Å². The maximum Gasteiger partial charge on any atom is 0.259 e. The fraction of sp³-hybridized carbons (Fsp3) is 0.222. The molecule has 27 heavy (non-hydrogen) atoms. The number of hydrogen-bond acceptors (Lipinski definition) is 8. The van der Waals surface area contributed by atoms with Crippen molar-refractivity contribution >= 4 is 23.4 Å². The van der Waals surface area contributed by atoms with Crippen molar-refractivity contribution in [3.05, 3.63) is 48.2 Å². The molecule has 4 aromatic rings. The SMILES string of the molecule is Nc1ccc(CCCCNc2nc(N)n3nc(-c4ccco4)nc3n2)cc1. The smallest absolute Gasteiger partial charge is 0.259 e. The summed E-state index contributed by atoms with van der Waals surface area (Å²) in [6.45, 7) is 0.740. The highest BCUT2D eigenvalue weighted by Crippen LogP contribution is 2.17. The van der Waals surface area contributed by atoms with E-state index in [0.717, 1.165) is 31.5 Å². The zero-order valence-corrected chi connectivity index (χ0v) is 14.7. The van der Waals surface area contributed by atoms with Crippen molar-refractivity contribution in [2.75, 3.05) is 23.3 Å². The second-order valence-corrected chi connectivity index (χ2v) is 6.16. The molecule has 0 aliphatic heterocycles. The van der Waals surface area contributed by atoms with Crippen LogP contribution in [0, 0.1) is 0 Å². The number of unbranched alkanes of at least 4 members (excludes halogenated alkanes) is 1. The van der Waals surface area contributed by atoms with Gasteiger partial charge in [-0.2, -0.15) is 19.5 Å². The van der Waals surface area contributed by atoms with E-state index >= 15 is 0 Å². The highest BCUT2D eigenvalue weighted by atomic mass is 16.3. The third-order valence-corrected chi connectivity index (χ3v) is 4.13. The van der Waals surface area contributed by atoms with Crippen LogP contribution in [0.1, 0.15) is 18.4 Å². The Morgan fingerprint density at radius 1 is 1.00 bits per heavy atom. The number of nitrogens with zero attached hydrogens (tertiary/aromatic N) is 5. The highest BCUT2D eigenvalue weighted by molar-refractivity contribution is 5.52. The average molecular weight is 364 g/mol. The minimum absolute atomic E-state index is 0.217. The van der Waals surface area contributed by atoms with Crippen LogP contribution in [0.25, 0.3) is 17.4 Å². The number of fused-ring (bicyclic) bond motifs is 1. The Labute approximate surface area is 155 Å². The maximum absolute atomic E-state index is 5.97. The van der Waals surface area contributed by atoms with Gasteiger partial charge >= 0.3 is 0 Å². The number of nitrogen functional groups attached to an aromatic ring is 2. The van der Waals surface area contributed by atoms with Crippen LogP contribution < -0.4 is 16.8 Å². The van der Waals surface area contributed by atoms with Gasteiger partial charge in [0.2, 0.25) is 17.7 Å². The van der Waals surface area contributed by atoms with Crippen LogP contribution in [0.5, 0.6) is 0 Å². The summed E-state index contributed by atoms with van der Waals surface area (Å²) in [6, 6.07) is 11.5. The predicted molar refractivity (Wildman–Crippen MR) is 103 cm³/mol. The Morgan fingerprint density at radius 3 is 2.63 bits per heavy atom. The first-order chi connectivity index (χ1) is 13.2. The molecule has 9 heteroatoms. The van der Waals surface area contributed by atoms with Gasteiger partial charge in [0.1, 0.15) is 0 Å². The third kappa shape index (κ3) is 3.81. The van der Waals surface area contributed by atoms with Crippen LogP contribution in [0.3, 0.4) is 0 Å². The van der Waals surface area contributed by atoms with Crippen LogP contribution in [-0.4, -0.2) is 31.1 Å². The molecule has 0 bridgehead atoms. The third-order valence-electron chi connectivity index (χ3n) is 4.13. The zero-order chi connectivity index (χ0) is 18.6. The van der Waals surface area contributed by atoms with Crippen molar-refractivity contribution < 1.29 is 4.42 Å². The van der Waals surface area contributed by atoms with Gasteiger partial charge in [-0.25, -0.2) is 0 Å². The molecule has 0 saturated carbocycles. The first-order valence-electron chi connectivity index (χ1n) is 8.71. The first-order valence-corrected chi connectivity index (χ1v) is 8.71. The summed E-state index contributed by atoms with van der Waals surface area (Å²) in [7, 11) is 0. The van der Waals surface area contributed by atoms with Gasteiger partial charge in [0.25, 0.3) is 5.78 Å². The summed E-state index contributed by atoms with van der Waals surface area (Å²) in [5.41, 5.74) is 13.7. The van der Waals surface area contributed by atoms with Gasteiger partial charge in [0.15, 0.2) is 5.76 Å². The number of furan rings is 1. The zero-order valence-electron chi connectivity index (χ0n) is 14.7. The van der Waals surface area contributed by atoms with Gasteiger partial charge in [-0.3, -0.25) is 0 Å². The molecule has 3 heterocycles. The van der Waals surface area contributed by atoms with Crippen molar-refractivity contribution in [2.24, 2.45) is 0 Å². The lowest BCUT2D eigenvalue weighted by atomic mass is 10.1. The fourth-order valence-electron chi connectivity index (χ4n) is 2.73. The molecule has 0 aliphatic rings. The van der Waals surface area contributed by atoms with Crippen LogP contribution in [-0.2, 0) is 6.42 Å². The lowest BCUT2D eigenvalue weighted by molar-refractivity contribution is 0.577. The van der Waals surface area contributed by atoms with Gasteiger partial charge in [-0.1, -0.05) is 12.1 Å². The van der Waals surface area contributed by atoms with Gasteiger partial charge in [-0.15, -0.1) is 5.10 Å². The van der Waals surface area contributed by atoms with Crippen molar-refractivity contribution in [2.45, 2.75) is 19.3 Å². The average Bonchev–Trinajstić information content (AvgIpc) is 3.32. The molecule has 138 valence electrons. The van der Waals surface area contributed by atoms with E-state index in [2.05, 4.69) is 37.5 Å². The molecule has 3 aromatic heterocycles. The summed E-state index contributed by atoms with van der Waals surface area (Å²) >= 11 is 0. The molecule has 0 fully saturated rings. The van der Waals surface area contributed by atoms with Gasteiger partial charge in [0, 0.05) is 12.2 Å². The minimum Gasteiger partial charge on any atom is -0.461 e. The quantitative estimate of drug-likeness (QED) is 0.336. The Morgan fingerprint density at radius 2 is 1.85 bits per heavy atom. The van der Waals surface area contributed by atoms with E-state index in [-0.39, 0.29) is 5.95 Å². The van der Waals surface area contributed by atoms with Crippen LogP contribution in [0.15, 0.2) is 47.1 Å². The molecule has 4 rings (SSSR count). The maximum atomic E-state index is 5.97. The Bertz CT molecular complexity index is 1020. The number of aromatic nitrogens is 5.